The fraction of sp³-hybridized carbons (Fsp3) is 0.0294. The first-order valence-electron chi connectivity index (χ1n) is 13.3. The van der Waals surface area contributed by atoms with E-state index in [1.807, 2.05) is 12.3 Å². The van der Waals surface area contributed by atoms with Gasteiger partial charge in [-0.05, 0) is 60.0 Å². The van der Waals surface area contributed by atoms with Gasteiger partial charge in [-0.2, -0.15) is 9.13 Å². The molecule has 4 aromatic heterocycles. The zero-order valence-electron chi connectivity index (χ0n) is 20.6. The highest BCUT2D eigenvalue weighted by Gasteiger charge is 2.66. The van der Waals surface area contributed by atoms with Crippen LogP contribution in [0.15, 0.2) is 110 Å². The summed E-state index contributed by atoms with van der Waals surface area (Å²) >= 11 is 0. The molecule has 0 bridgehead atoms. The van der Waals surface area contributed by atoms with E-state index in [0.717, 1.165) is 28.2 Å². The number of hydrogen-bond donors (Lipinski definition) is 0. The maximum Gasteiger partial charge on any atom is 0.374 e. The standard InChI is InChI=1S/C34H18N4O/c1-2-10-24-19(7-1)22-13-15-26-30-33(22)38(24)27-11-3-4-17-36(27)34(30)29-25(39-26)14-12-20-21-8-5-16-35-31(21)23-9-6-18-37(34)32(23)28(20)29/h1-18H/q+2. The lowest BCUT2D eigenvalue weighted by Gasteiger charge is -2.34. The van der Waals surface area contributed by atoms with E-state index in [0.29, 0.717) is 0 Å². The quantitative estimate of drug-likeness (QED) is 0.183. The number of benzene rings is 4. The van der Waals surface area contributed by atoms with Crippen LogP contribution in [-0.4, -0.2) is 9.55 Å². The minimum Gasteiger partial charge on any atom is -0.456 e. The number of hydrogen-bond acceptors (Lipinski definition) is 2. The van der Waals surface area contributed by atoms with Crippen molar-refractivity contribution in [1.82, 2.24) is 9.55 Å². The third kappa shape index (κ3) is 1.78. The summed E-state index contributed by atoms with van der Waals surface area (Å²) in [6.45, 7) is 0. The Balaban J connectivity index is 1.51. The number of nitrogens with zero attached hydrogens (tertiary/aromatic N) is 4. The third-order valence-electron chi connectivity index (χ3n) is 9.23. The van der Waals surface area contributed by atoms with Crippen LogP contribution in [0.1, 0.15) is 11.1 Å². The van der Waals surface area contributed by atoms with E-state index < -0.39 is 5.66 Å². The molecule has 1 unspecified atom stereocenters. The molecule has 39 heavy (non-hydrogen) atoms. The molecular formula is C34H18N4O+2. The van der Waals surface area contributed by atoms with Gasteiger partial charge in [0.15, 0.2) is 17.3 Å². The predicted octanol–water partition coefficient (Wildman–Crippen LogP) is 6.24. The number of aromatic nitrogens is 4. The Hall–Kier alpha value is -5.29. The number of pyridine rings is 3. The molecule has 1 atom stereocenters. The molecule has 178 valence electrons. The largest absolute Gasteiger partial charge is 0.456 e. The highest BCUT2D eigenvalue weighted by Crippen LogP contribution is 2.57. The van der Waals surface area contributed by atoms with E-state index >= 15 is 0 Å². The van der Waals surface area contributed by atoms with E-state index in [9.17, 15) is 0 Å². The molecule has 0 saturated carbocycles. The van der Waals surface area contributed by atoms with Gasteiger partial charge in [0.1, 0.15) is 22.6 Å². The van der Waals surface area contributed by atoms with Crippen molar-refractivity contribution in [2.24, 2.45) is 0 Å². The van der Waals surface area contributed by atoms with Gasteiger partial charge < -0.3 is 4.74 Å². The molecule has 0 radical (unpaired) electrons. The first-order chi connectivity index (χ1) is 19.4. The minimum atomic E-state index is -0.637. The van der Waals surface area contributed by atoms with Crippen LogP contribution in [0.5, 0.6) is 11.5 Å². The molecule has 0 aliphatic carbocycles. The number of rotatable bonds is 0. The zero-order valence-corrected chi connectivity index (χ0v) is 20.6. The molecule has 0 N–H and O–H groups in total. The Labute approximate surface area is 221 Å². The monoisotopic (exact) mass is 498 g/mol. The van der Waals surface area contributed by atoms with Crippen molar-refractivity contribution < 1.29 is 13.9 Å². The van der Waals surface area contributed by atoms with Crippen molar-refractivity contribution in [2.45, 2.75) is 5.66 Å². The lowest BCUT2D eigenvalue weighted by atomic mass is 9.83. The second-order valence-corrected chi connectivity index (χ2v) is 10.8. The molecule has 5 nitrogen and oxygen atoms in total. The van der Waals surface area contributed by atoms with Gasteiger partial charge in [-0.25, -0.2) is 0 Å². The third-order valence-corrected chi connectivity index (χ3v) is 9.23. The van der Waals surface area contributed by atoms with Gasteiger partial charge in [0, 0.05) is 34.5 Å². The molecule has 8 aromatic rings. The lowest BCUT2D eigenvalue weighted by molar-refractivity contribution is -0.956. The van der Waals surface area contributed by atoms with Crippen LogP contribution in [0.2, 0.25) is 0 Å². The Bertz CT molecular complexity index is 2490. The van der Waals surface area contributed by atoms with E-state index in [1.165, 1.54) is 54.6 Å². The van der Waals surface area contributed by atoms with Gasteiger partial charge in [-0.15, -0.1) is 4.57 Å². The number of para-hydroxylation sites is 1. The molecule has 0 amide bonds. The van der Waals surface area contributed by atoms with Crippen molar-refractivity contribution in [3.63, 3.8) is 0 Å². The summed E-state index contributed by atoms with van der Waals surface area (Å²) in [7, 11) is 0. The molecular weight excluding hydrogens is 480 g/mol. The van der Waals surface area contributed by atoms with Crippen LogP contribution < -0.4 is 13.9 Å². The van der Waals surface area contributed by atoms with Crippen LogP contribution in [-0.2, 0) is 5.66 Å². The van der Waals surface area contributed by atoms with Crippen molar-refractivity contribution in [3.8, 4) is 17.3 Å². The highest BCUT2D eigenvalue weighted by molar-refractivity contribution is 6.24. The summed E-state index contributed by atoms with van der Waals surface area (Å²) < 4.78 is 14.2. The minimum absolute atomic E-state index is 0.637. The van der Waals surface area contributed by atoms with Crippen LogP contribution in [0.25, 0.3) is 60.2 Å². The van der Waals surface area contributed by atoms with Crippen LogP contribution in [0.4, 0.5) is 0 Å². The van der Waals surface area contributed by atoms with Gasteiger partial charge in [-0.1, -0.05) is 24.3 Å². The summed E-state index contributed by atoms with van der Waals surface area (Å²) in [5, 5.41) is 7.29. The van der Waals surface area contributed by atoms with Gasteiger partial charge in [0.05, 0.1) is 22.5 Å². The van der Waals surface area contributed by atoms with Gasteiger partial charge in [-0.3, -0.25) is 4.98 Å². The SMILES string of the molecule is c1cc[n+]2c(c1)-n1c3ccccc3c3ccc4c(c31)C21c2c(ccc3c5cccnc5c5ccc[n+]1c5c23)O4. The molecule has 1 spiro atoms. The molecule has 3 aliphatic heterocycles. The Kier molecular flexibility index (Phi) is 2.85. The maximum absolute atomic E-state index is 6.82. The van der Waals surface area contributed by atoms with Crippen molar-refractivity contribution in [2.75, 3.05) is 0 Å². The molecule has 3 aliphatic rings. The first-order valence-corrected chi connectivity index (χ1v) is 13.3. The summed E-state index contributed by atoms with van der Waals surface area (Å²) in [4.78, 5) is 4.89. The fourth-order valence-electron chi connectivity index (χ4n) is 7.98. The van der Waals surface area contributed by atoms with Gasteiger partial charge in [0.25, 0.3) is 5.82 Å². The Morgan fingerprint density at radius 3 is 2.41 bits per heavy atom. The molecule has 7 heterocycles. The zero-order chi connectivity index (χ0) is 25.0. The summed E-state index contributed by atoms with van der Waals surface area (Å²) in [5.74, 6) is 2.95. The van der Waals surface area contributed by atoms with Gasteiger partial charge >= 0.3 is 5.66 Å². The fourth-order valence-corrected chi connectivity index (χ4v) is 7.98. The molecule has 11 rings (SSSR count). The number of fused-ring (bicyclic) bond motifs is 8. The predicted molar refractivity (Wildman–Crippen MR) is 150 cm³/mol. The second kappa shape index (κ2) is 5.89. The second-order valence-electron chi connectivity index (χ2n) is 10.8. The van der Waals surface area contributed by atoms with E-state index in [1.54, 1.807) is 0 Å². The topological polar surface area (TPSA) is 34.8 Å². The maximum atomic E-state index is 6.82. The lowest BCUT2D eigenvalue weighted by Crippen LogP contribution is -2.75. The van der Waals surface area contributed by atoms with Crippen molar-refractivity contribution in [1.29, 1.82) is 0 Å². The Morgan fingerprint density at radius 2 is 1.44 bits per heavy atom. The number of ether oxygens (including phenoxy) is 1. The average Bonchev–Trinajstić information content (AvgIpc) is 3.50. The summed E-state index contributed by atoms with van der Waals surface area (Å²) in [5.41, 5.74) is 6.41. The summed E-state index contributed by atoms with van der Waals surface area (Å²) in [6.07, 6.45) is 6.38. The molecule has 5 heteroatoms. The Morgan fingerprint density at radius 1 is 0.641 bits per heavy atom. The highest BCUT2D eigenvalue weighted by atomic mass is 16.5. The average molecular weight is 499 g/mol. The molecule has 0 fully saturated rings. The smallest absolute Gasteiger partial charge is 0.374 e. The van der Waals surface area contributed by atoms with E-state index in [2.05, 4.69) is 111 Å². The molecule has 4 aromatic carbocycles. The van der Waals surface area contributed by atoms with Gasteiger partial charge in [0.2, 0.25) is 5.52 Å². The van der Waals surface area contributed by atoms with E-state index in [-0.39, 0.29) is 0 Å². The van der Waals surface area contributed by atoms with E-state index in [4.69, 9.17) is 9.72 Å². The van der Waals surface area contributed by atoms with Crippen molar-refractivity contribution >= 4 is 54.4 Å². The van der Waals surface area contributed by atoms with Crippen molar-refractivity contribution in [3.05, 3.63) is 121 Å². The summed E-state index contributed by atoms with van der Waals surface area (Å²) in [6, 6.07) is 32.6. The van der Waals surface area contributed by atoms with Crippen LogP contribution in [0, 0.1) is 0 Å². The normalized spacial score (nSPS) is 17.5. The first kappa shape index (κ1) is 18.9. The van der Waals surface area contributed by atoms with Crippen LogP contribution >= 0.6 is 0 Å². The molecule has 0 saturated heterocycles. The van der Waals surface area contributed by atoms with Crippen LogP contribution in [0.3, 0.4) is 0 Å².